The molecule has 1 aromatic heterocycles. The van der Waals surface area contributed by atoms with E-state index in [0.29, 0.717) is 38.0 Å². The van der Waals surface area contributed by atoms with Gasteiger partial charge in [0.2, 0.25) is 5.91 Å². The SMILES string of the molecule is CCN(CC)C(CNC(=O)C1CCN(C(=O)c2ccoc2)CC1)c1ccccc1. The summed E-state index contributed by atoms with van der Waals surface area (Å²) in [5, 5.41) is 3.17. The third-order valence-corrected chi connectivity index (χ3v) is 5.83. The number of hydrogen-bond acceptors (Lipinski definition) is 4. The first kappa shape index (κ1) is 21.1. The van der Waals surface area contributed by atoms with Crippen LogP contribution in [0.2, 0.25) is 0 Å². The topological polar surface area (TPSA) is 65.8 Å². The van der Waals surface area contributed by atoms with Crippen molar-refractivity contribution in [3.05, 3.63) is 60.1 Å². The van der Waals surface area contributed by atoms with Gasteiger partial charge in [-0.1, -0.05) is 44.2 Å². The molecule has 156 valence electrons. The Labute approximate surface area is 172 Å². The second kappa shape index (κ2) is 10.3. The number of likely N-dealkylation sites (N-methyl/N-ethyl adjacent to an activating group) is 1. The third kappa shape index (κ3) is 5.26. The van der Waals surface area contributed by atoms with Crippen LogP contribution in [-0.4, -0.2) is 54.3 Å². The number of carbonyl (C=O) groups excluding carboxylic acids is 2. The summed E-state index contributed by atoms with van der Waals surface area (Å²) in [4.78, 5) is 29.4. The van der Waals surface area contributed by atoms with Gasteiger partial charge in [0.1, 0.15) is 6.26 Å². The number of nitrogens with one attached hydrogen (secondary N) is 1. The van der Waals surface area contributed by atoms with E-state index in [2.05, 4.69) is 36.2 Å². The Balaban J connectivity index is 1.54. The molecule has 2 amide bonds. The second-order valence-corrected chi connectivity index (χ2v) is 7.47. The first-order chi connectivity index (χ1) is 14.1. The number of benzene rings is 1. The van der Waals surface area contributed by atoms with Gasteiger partial charge in [0, 0.05) is 25.6 Å². The average molecular weight is 398 g/mol. The third-order valence-electron chi connectivity index (χ3n) is 5.83. The van der Waals surface area contributed by atoms with Crippen molar-refractivity contribution in [1.82, 2.24) is 15.1 Å². The highest BCUT2D eigenvalue weighted by molar-refractivity contribution is 5.94. The van der Waals surface area contributed by atoms with Gasteiger partial charge in [-0.15, -0.1) is 0 Å². The minimum absolute atomic E-state index is 0.0247. The highest BCUT2D eigenvalue weighted by Gasteiger charge is 2.29. The van der Waals surface area contributed by atoms with E-state index in [1.807, 2.05) is 18.2 Å². The minimum atomic E-state index is -0.0449. The molecule has 6 nitrogen and oxygen atoms in total. The molecule has 1 saturated heterocycles. The fourth-order valence-corrected chi connectivity index (χ4v) is 4.05. The summed E-state index contributed by atoms with van der Waals surface area (Å²) in [6, 6.07) is 12.2. The van der Waals surface area contributed by atoms with E-state index in [9.17, 15) is 9.59 Å². The van der Waals surface area contributed by atoms with E-state index in [1.54, 1.807) is 11.0 Å². The quantitative estimate of drug-likeness (QED) is 0.742. The molecule has 6 heteroatoms. The molecule has 2 aromatic rings. The molecular weight excluding hydrogens is 366 g/mol. The molecule has 1 unspecified atom stereocenters. The van der Waals surface area contributed by atoms with Crippen LogP contribution in [0.1, 0.15) is 48.7 Å². The van der Waals surface area contributed by atoms with E-state index in [4.69, 9.17) is 4.42 Å². The van der Waals surface area contributed by atoms with E-state index < -0.39 is 0 Å². The van der Waals surface area contributed by atoms with Gasteiger partial charge in [0.05, 0.1) is 17.9 Å². The Morgan fingerprint density at radius 3 is 2.41 bits per heavy atom. The zero-order chi connectivity index (χ0) is 20.6. The van der Waals surface area contributed by atoms with Crippen LogP contribution in [0.5, 0.6) is 0 Å². The molecule has 1 aromatic carbocycles. The lowest BCUT2D eigenvalue weighted by molar-refractivity contribution is -0.126. The molecule has 1 N–H and O–H groups in total. The number of rotatable bonds is 8. The van der Waals surface area contributed by atoms with Gasteiger partial charge >= 0.3 is 0 Å². The predicted octanol–water partition coefficient (Wildman–Crippen LogP) is 3.33. The number of amides is 2. The summed E-state index contributed by atoms with van der Waals surface area (Å²) >= 11 is 0. The van der Waals surface area contributed by atoms with E-state index in [-0.39, 0.29) is 23.8 Å². The molecule has 0 radical (unpaired) electrons. The number of likely N-dealkylation sites (tertiary alicyclic amines) is 1. The van der Waals surface area contributed by atoms with Crippen LogP contribution in [0.15, 0.2) is 53.3 Å². The van der Waals surface area contributed by atoms with Gasteiger partial charge < -0.3 is 14.6 Å². The van der Waals surface area contributed by atoms with Crippen LogP contribution in [0.25, 0.3) is 0 Å². The van der Waals surface area contributed by atoms with Gasteiger partial charge in [-0.25, -0.2) is 0 Å². The Kier molecular flexibility index (Phi) is 7.47. The number of nitrogens with zero attached hydrogens (tertiary/aromatic N) is 2. The Morgan fingerprint density at radius 1 is 1.14 bits per heavy atom. The Bertz CT molecular complexity index is 764. The number of hydrogen-bond donors (Lipinski definition) is 1. The minimum Gasteiger partial charge on any atom is -0.472 e. The highest BCUT2D eigenvalue weighted by atomic mass is 16.3. The normalized spacial score (nSPS) is 16.0. The smallest absolute Gasteiger partial charge is 0.257 e. The molecule has 0 aliphatic carbocycles. The molecular formula is C23H31N3O3. The van der Waals surface area contributed by atoms with Crippen LogP contribution in [0, 0.1) is 5.92 Å². The van der Waals surface area contributed by atoms with Crippen molar-refractivity contribution in [2.75, 3.05) is 32.7 Å². The fourth-order valence-electron chi connectivity index (χ4n) is 4.05. The van der Waals surface area contributed by atoms with Gasteiger partial charge in [0.15, 0.2) is 0 Å². The molecule has 2 heterocycles. The lowest BCUT2D eigenvalue weighted by atomic mass is 9.95. The van der Waals surface area contributed by atoms with Crippen molar-refractivity contribution >= 4 is 11.8 Å². The van der Waals surface area contributed by atoms with Crippen molar-refractivity contribution in [2.24, 2.45) is 5.92 Å². The lowest BCUT2D eigenvalue weighted by Crippen LogP contribution is -2.45. The summed E-state index contributed by atoms with van der Waals surface area (Å²) in [6.45, 7) is 7.95. The number of furan rings is 1. The molecule has 0 saturated carbocycles. The largest absolute Gasteiger partial charge is 0.472 e. The molecule has 1 atom stereocenters. The van der Waals surface area contributed by atoms with Crippen LogP contribution >= 0.6 is 0 Å². The first-order valence-electron chi connectivity index (χ1n) is 10.5. The van der Waals surface area contributed by atoms with Gasteiger partial charge in [-0.05, 0) is 37.6 Å². The van der Waals surface area contributed by atoms with Gasteiger partial charge in [-0.2, -0.15) is 0 Å². The summed E-state index contributed by atoms with van der Waals surface area (Å²) in [7, 11) is 0. The zero-order valence-corrected chi connectivity index (χ0v) is 17.3. The second-order valence-electron chi connectivity index (χ2n) is 7.47. The molecule has 3 rings (SSSR count). The van der Waals surface area contributed by atoms with E-state index >= 15 is 0 Å². The van der Waals surface area contributed by atoms with Gasteiger partial charge in [-0.3, -0.25) is 14.5 Å². The van der Waals surface area contributed by atoms with Crippen molar-refractivity contribution < 1.29 is 14.0 Å². The number of carbonyl (C=O) groups is 2. The Hall–Kier alpha value is -2.60. The Morgan fingerprint density at radius 2 is 1.83 bits per heavy atom. The molecule has 1 aliphatic heterocycles. The first-order valence-corrected chi connectivity index (χ1v) is 10.5. The summed E-state index contributed by atoms with van der Waals surface area (Å²) < 4.78 is 5.00. The average Bonchev–Trinajstić information content (AvgIpc) is 3.31. The maximum absolute atomic E-state index is 12.8. The number of piperidine rings is 1. The summed E-state index contributed by atoms with van der Waals surface area (Å²) in [5.74, 6) is 0.0216. The fraction of sp³-hybridized carbons (Fsp3) is 0.478. The van der Waals surface area contributed by atoms with Crippen molar-refractivity contribution in [3.63, 3.8) is 0 Å². The molecule has 1 aliphatic rings. The lowest BCUT2D eigenvalue weighted by Gasteiger charge is -2.33. The maximum atomic E-state index is 12.8. The predicted molar refractivity (Wildman–Crippen MR) is 112 cm³/mol. The van der Waals surface area contributed by atoms with Crippen molar-refractivity contribution in [2.45, 2.75) is 32.7 Å². The van der Waals surface area contributed by atoms with E-state index in [1.165, 1.54) is 18.1 Å². The molecule has 0 bridgehead atoms. The molecule has 1 fully saturated rings. The van der Waals surface area contributed by atoms with Crippen molar-refractivity contribution in [1.29, 1.82) is 0 Å². The maximum Gasteiger partial charge on any atom is 0.257 e. The van der Waals surface area contributed by atoms with Gasteiger partial charge in [0.25, 0.3) is 5.91 Å². The molecule has 29 heavy (non-hydrogen) atoms. The molecule has 0 spiro atoms. The van der Waals surface area contributed by atoms with E-state index in [0.717, 1.165) is 13.1 Å². The monoisotopic (exact) mass is 397 g/mol. The summed E-state index contributed by atoms with van der Waals surface area (Å²) in [6.07, 6.45) is 4.36. The van der Waals surface area contributed by atoms with Crippen molar-refractivity contribution in [3.8, 4) is 0 Å². The zero-order valence-electron chi connectivity index (χ0n) is 17.3. The van der Waals surface area contributed by atoms with Crippen LogP contribution in [-0.2, 0) is 4.79 Å². The van der Waals surface area contributed by atoms with Crippen LogP contribution in [0.3, 0.4) is 0 Å². The van der Waals surface area contributed by atoms with Crippen LogP contribution < -0.4 is 5.32 Å². The highest BCUT2D eigenvalue weighted by Crippen LogP contribution is 2.22. The standard InChI is InChI=1S/C23H31N3O3/c1-3-25(4-2)21(18-8-6-5-7-9-18)16-24-22(27)19-10-13-26(14-11-19)23(28)20-12-15-29-17-20/h5-9,12,15,17,19,21H,3-4,10-11,13-14,16H2,1-2H3,(H,24,27). The summed E-state index contributed by atoms with van der Waals surface area (Å²) in [5.41, 5.74) is 1.79. The van der Waals surface area contributed by atoms with Crippen LogP contribution in [0.4, 0.5) is 0 Å².